The summed E-state index contributed by atoms with van der Waals surface area (Å²) in [4.78, 5) is 24.9. The summed E-state index contributed by atoms with van der Waals surface area (Å²) in [5, 5.41) is 15.3. The molecule has 0 saturated carbocycles. The van der Waals surface area contributed by atoms with Gasteiger partial charge >= 0.3 is 5.97 Å². The van der Waals surface area contributed by atoms with Crippen LogP contribution in [0.25, 0.3) is 0 Å². The topological polar surface area (TPSA) is 104 Å². The number of phenolic OH excluding ortho intramolecular Hbond substituents is 1. The normalized spacial score (nSPS) is 15.5. The third-order valence-electron chi connectivity index (χ3n) is 6.03. The van der Waals surface area contributed by atoms with E-state index in [1.165, 1.54) is 7.11 Å². The van der Waals surface area contributed by atoms with Crippen molar-refractivity contribution < 1.29 is 19.4 Å². The number of benzene rings is 2. The second-order valence-corrected chi connectivity index (χ2v) is 8.88. The van der Waals surface area contributed by atoms with Gasteiger partial charge in [0.15, 0.2) is 0 Å². The molecule has 0 fully saturated rings. The minimum atomic E-state index is -0.505. The van der Waals surface area contributed by atoms with E-state index < -0.39 is 11.9 Å². The summed E-state index contributed by atoms with van der Waals surface area (Å²) in [6.07, 6.45) is 2.39. The number of aromatic hydroxyl groups is 1. The number of aryl methyl sites for hydroxylation is 1. The van der Waals surface area contributed by atoms with Crippen LogP contribution >= 0.6 is 0 Å². The quantitative estimate of drug-likeness (QED) is 0.510. The highest BCUT2D eigenvalue weighted by atomic mass is 16.5. The predicted molar refractivity (Wildman–Crippen MR) is 120 cm³/mol. The number of hydrogen-bond acceptors (Lipinski definition) is 5. The van der Waals surface area contributed by atoms with Crippen LogP contribution in [0.2, 0.25) is 0 Å². The molecule has 7 heteroatoms. The van der Waals surface area contributed by atoms with Crippen molar-refractivity contribution in [2.24, 2.45) is 0 Å². The number of carbonyl (C=O) groups is 1. The van der Waals surface area contributed by atoms with Crippen LogP contribution in [0.3, 0.4) is 0 Å². The summed E-state index contributed by atoms with van der Waals surface area (Å²) in [6.45, 7) is 4.18. The second kappa shape index (κ2) is 8.57. The number of hydrogen-bond donors (Lipinski definition) is 3. The highest BCUT2D eigenvalue weighted by Crippen LogP contribution is 2.35. The lowest BCUT2D eigenvalue weighted by atomic mass is 9.87. The van der Waals surface area contributed by atoms with Crippen LogP contribution in [0, 0.1) is 0 Å². The smallest absolute Gasteiger partial charge is 0.306 e. The van der Waals surface area contributed by atoms with Crippen molar-refractivity contribution in [1.29, 1.82) is 0 Å². The number of methoxy groups -OCH3 is 1. The van der Waals surface area contributed by atoms with E-state index in [9.17, 15) is 14.7 Å². The number of carbonyl (C=O) groups excluding carboxylic acids is 1. The summed E-state index contributed by atoms with van der Waals surface area (Å²) in [5.74, 6) is 0.103. The first kappa shape index (κ1) is 21.7. The average molecular weight is 437 g/mol. The molecule has 0 spiro atoms. The first-order valence-electron chi connectivity index (χ1n) is 10.7. The Hall–Kier alpha value is -3.48. The van der Waals surface area contributed by atoms with E-state index >= 15 is 0 Å². The molecule has 0 amide bonds. The number of aromatic amines is 2. The summed E-state index contributed by atoms with van der Waals surface area (Å²) < 4.78 is 11.0. The molecule has 2 aromatic carbocycles. The third kappa shape index (κ3) is 4.56. The van der Waals surface area contributed by atoms with Gasteiger partial charge in [-0.3, -0.25) is 14.7 Å². The number of fused-ring (bicyclic) bond motifs is 1. The Morgan fingerprint density at radius 2 is 1.94 bits per heavy atom. The van der Waals surface area contributed by atoms with Gasteiger partial charge in [-0.15, -0.1) is 0 Å². The summed E-state index contributed by atoms with van der Waals surface area (Å²) in [5.41, 5.74) is 3.73. The fourth-order valence-corrected chi connectivity index (χ4v) is 4.28. The van der Waals surface area contributed by atoms with Crippen molar-refractivity contribution >= 4 is 5.97 Å². The Labute approximate surface area is 186 Å². The summed E-state index contributed by atoms with van der Waals surface area (Å²) in [7, 11) is 1.33. The monoisotopic (exact) mass is 436 g/mol. The summed E-state index contributed by atoms with van der Waals surface area (Å²) in [6, 6.07) is 12.6. The highest BCUT2D eigenvalue weighted by Gasteiger charge is 2.28. The van der Waals surface area contributed by atoms with E-state index in [0.29, 0.717) is 17.7 Å². The molecule has 0 bridgehead atoms. The number of ether oxygens (including phenoxy) is 2. The zero-order valence-electron chi connectivity index (χ0n) is 18.5. The molecule has 168 valence electrons. The average Bonchev–Trinajstić information content (AvgIpc) is 3.12. The van der Waals surface area contributed by atoms with Gasteiger partial charge in [0.2, 0.25) is 0 Å². The van der Waals surface area contributed by atoms with Crippen molar-refractivity contribution in [3.8, 4) is 11.5 Å². The Bertz CT molecular complexity index is 1170. The number of esters is 1. The van der Waals surface area contributed by atoms with Gasteiger partial charge in [0.1, 0.15) is 17.1 Å². The van der Waals surface area contributed by atoms with Crippen LogP contribution in [0.1, 0.15) is 60.6 Å². The van der Waals surface area contributed by atoms with Gasteiger partial charge in [-0.05, 0) is 61.6 Å². The van der Waals surface area contributed by atoms with Crippen LogP contribution in [-0.4, -0.2) is 34.0 Å². The minimum Gasteiger partial charge on any atom is -0.508 e. The van der Waals surface area contributed by atoms with Gasteiger partial charge in [0.05, 0.1) is 13.5 Å². The number of nitrogens with one attached hydrogen (secondary N) is 2. The Morgan fingerprint density at radius 1 is 1.19 bits per heavy atom. The van der Waals surface area contributed by atoms with Crippen molar-refractivity contribution in [2.75, 3.05) is 7.11 Å². The van der Waals surface area contributed by atoms with Gasteiger partial charge < -0.3 is 19.7 Å². The van der Waals surface area contributed by atoms with Crippen LogP contribution in [0.4, 0.5) is 0 Å². The maximum absolute atomic E-state index is 12.8. The van der Waals surface area contributed by atoms with E-state index in [0.717, 1.165) is 35.3 Å². The lowest BCUT2D eigenvalue weighted by Crippen LogP contribution is -2.32. The van der Waals surface area contributed by atoms with Crippen molar-refractivity contribution in [3.63, 3.8) is 0 Å². The molecule has 1 aliphatic heterocycles. The lowest BCUT2D eigenvalue weighted by molar-refractivity contribution is -0.140. The standard InChI is InChI=1S/C25H28N2O5/c1-25(2)11-10-17-12-15(4-9-21(17)32-25)13-20-23(24(30)27-26-20)19(14-22(29)31-3)16-5-7-18(28)8-6-16/h4-9,12,19,28H,10-11,13-14H2,1-3H3,(H2,26,27,30)/t19-/m0/s1. The molecule has 2 heterocycles. The molecule has 1 aliphatic rings. The maximum atomic E-state index is 12.8. The number of aromatic nitrogens is 2. The fraction of sp³-hybridized carbons (Fsp3) is 0.360. The van der Waals surface area contributed by atoms with Gasteiger partial charge in [0.25, 0.3) is 5.56 Å². The Morgan fingerprint density at radius 3 is 2.66 bits per heavy atom. The van der Waals surface area contributed by atoms with E-state index in [4.69, 9.17) is 9.47 Å². The van der Waals surface area contributed by atoms with Crippen molar-refractivity contribution in [3.05, 3.63) is 80.8 Å². The zero-order chi connectivity index (χ0) is 22.9. The molecule has 1 aromatic heterocycles. The van der Waals surface area contributed by atoms with Crippen LogP contribution in [0.15, 0.2) is 47.3 Å². The lowest BCUT2D eigenvalue weighted by Gasteiger charge is -2.32. The van der Waals surface area contributed by atoms with Gasteiger partial charge in [-0.25, -0.2) is 0 Å². The van der Waals surface area contributed by atoms with Crippen LogP contribution in [0.5, 0.6) is 11.5 Å². The van der Waals surface area contributed by atoms with E-state index in [-0.39, 0.29) is 23.3 Å². The third-order valence-corrected chi connectivity index (χ3v) is 6.03. The van der Waals surface area contributed by atoms with Gasteiger partial charge in [0, 0.05) is 23.6 Å². The highest BCUT2D eigenvalue weighted by molar-refractivity contribution is 5.71. The largest absolute Gasteiger partial charge is 0.508 e. The maximum Gasteiger partial charge on any atom is 0.306 e. The van der Waals surface area contributed by atoms with Crippen molar-refractivity contribution in [1.82, 2.24) is 10.2 Å². The van der Waals surface area contributed by atoms with Gasteiger partial charge in [-0.2, -0.15) is 0 Å². The Kier molecular flexibility index (Phi) is 5.82. The first-order chi connectivity index (χ1) is 15.3. The van der Waals surface area contributed by atoms with Crippen LogP contribution in [-0.2, 0) is 22.4 Å². The fourth-order valence-electron chi connectivity index (χ4n) is 4.28. The van der Waals surface area contributed by atoms with E-state index in [1.54, 1.807) is 24.3 Å². The molecule has 0 saturated heterocycles. The SMILES string of the molecule is COC(=O)C[C@@H](c1ccc(O)cc1)c1c(Cc2ccc3c(c2)CCC(C)(C)O3)[nH][nH]c1=O. The van der Waals surface area contributed by atoms with Crippen LogP contribution < -0.4 is 10.3 Å². The number of rotatable bonds is 6. The zero-order valence-corrected chi connectivity index (χ0v) is 18.5. The minimum absolute atomic E-state index is 0.0162. The molecular formula is C25H28N2O5. The predicted octanol–water partition coefficient (Wildman–Crippen LogP) is 3.80. The molecular weight excluding hydrogens is 408 g/mol. The molecule has 0 radical (unpaired) electrons. The van der Waals surface area contributed by atoms with E-state index in [1.807, 2.05) is 12.1 Å². The van der Waals surface area contributed by atoms with Gasteiger partial charge in [-0.1, -0.05) is 24.3 Å². The summed E-state index contributed by atoms with van der Waals surface area (Å²) >= 11 is 0. The molecule has 7 nitrogen and oxygen atoms in total. The Balaban J connectivity index is 1.68. The molecule has 0 unspecified atom stereocenters. The molecule has 4 rings (SSSR count). The molecule has 1 atom stereocenters. The second-order valence-electron chi connectivity index (χ2n) is 8.88. The molecule has 3 aromatic rings. The van der Waals surface area contributed by atoms with Crippen molar-refractivity contribution in [2.45, 2.75) is 51.0 Å². The van der Waals surface area contributed by atoms with E-state index in [2.05, 4.69) is 30.1 Å². The number of phenols is 1. The molecule has 0 aliphatic carbocycles. The molecule has 32 heavy (non-hydrogen) atoms. The number of H-pyrrole nitrogens is 2. The molecule has 3 N–H and O–H groups in total. The first-order valence-corrected chi connectivity index (χ1v) is 10.7.